The lowest BCUT2D eigenvalue weighted by molar-refractivity contribution is -0.143. The number of piperidine rings is 1. The van der Waals surface area contributed by atoms with Crippen molar-refractivity contribution in [2.75, 3.05) is 26.2 Å². The Bertz CT molecular complexity index is 791. The van der Waals surface area contributed by atoms with Crippen molar-refractivity contribution in [3.05, 3.63) is 71.3 Å². The molecule has 2 atom stereocenters. The monoisotopic (exact) mass is 380 g/mol. The third kappa shape index (κ3) is 5.42. The van der Waals surface area contributed by atoms with Crippen LogP contribution in [-0.2, 0) is 9.63 Å². The summed E-state index contributed by atoms with van der Waals surface area (Å²) in [7, 11) is 0. The molecule has 1 aliphatic heterocycles. The zero-order valence-corrected chi connectivity index (χ0v) is 16.3. The maximum absolute atomic E-state index is 11.2. The molecule has 5 heteroatoms. The first kappa shape index (κ1) is 20.1. The van der Waals surface area contributed by atoms with Crippen molar-refractivity contribution in [1.82, 2.24) is 4.90 Å². The molecule has 2 aromatic rings. The van der Waals surface area contributed by atoms with E-state index in [0.29, 0.717) is 19.7 Å². The number of nitrogens with zero attached hydrogens (tertiary/aromatic N) is 2. The van der Waals surface area contributed by atoms with E-state index >= 15 is 0 Å². The number of likely N-dealkylation sites (tertiary alicyclic amines) is 1. The van der Waals surface area contributed by atoms with E-state index in [2.05, 4.69) is 41.2 Å². The van der Waals surface area contributed by atoms with E-state index in [1.54, 1.807) is 0 Å². The van der Waals surface area contributed by atoms with Crippen LogP contribution in [0.2, 0.25) is 0 Å². The number of aryl methyl sites for hydroxylation is 1. The summed E-state index contributed by atoms with van der Waals surface area (Å²) in [6.45, 7) is 4.78. The van der Waals surface area contributed by atoms with Crippen LogP contribution in [0.1, 0.15) is 35.4 Å². The van der Waals surface area contributed by atoms with Crippen LogP contribution in [0.25, 0.3) is 0 Å². The van der Waals surface area contributed by atoms with Gasteiger partial charge >= 0.3 is 5.97 Å². The van der Waals surface area contributed by atoms with Gasteiger partial charge in [0.1, 0.15) is 6.61 Å². The molecule has 2 aromatic carbocycles. The smallest absolute Gasteiger partial charge is 0.307 e. The maximum atomic E-state index is 11.2. The summed E-state index contributed by atoms with van der Waals surface area (Å²) in [4.78, 5) is 18.8. The van der Waals surface area contributed by atoms with Crippen molar-refractivity contribution in [2.24, 2.45) is 11.1 Å². The molecule has 2 unspecified atom stereocenters. The van der Waals surface area contributed by atoms with Crippen molar-refractivity contribution >= 4 is 12.2 Å². The molecule has 1 N–H and O–H groups in total. The standard InChI is InChI=1S/C23H28N2O3/c1-18-8-5-6-12-21(18)22(19-9-3-2-4-10-19)16-24-28-15-14-25-13-7-11-20(17-25)23(26)27/h2-6,8-10,12,16,20,22H,7,11,13-15,17H2,1H3,(H,26,27). The number of hydrogen-bond donors (Lipinski definition) is 1. The second-order valence-electron chi connectivity index (χ2n) is 7.31. The van der Waals surface area contributed by atoms with Crippen molar-refractivity contribution in [3.63, 3.8) is 0 Å². The first-order chi connectivity index (χ1) is 13.6. The SMILES string of the molecule is Cc1ccccc1C(C=NOCCN1CCCC(C(=O)O)C1)c1ccccc1. The summed E-state index contributed by atoms with van der Waals surface area (Å²) in [5.41, 5.74) is 3.60. The van der Waals surface area contributed by atoms with Gasteiger partial charge in [0.15, 0.2) is 0 Å². The van der Waals surface area contributed by atoms with Gasteiger partial charge in [0.25, 0.3) is 0 Å². The van der Waals surface area contributed by atoms with Crippen molar-refractivity contribution in [2.45, 2.75) is 25.7 Å². The number of oxime groups is 1. The van der Waals surface area contributed by atoms with Gasteiger partial charge in [-0.3, -0.25) is 9.69 Å². The fourth-order valence-corrected chi connectivity index (χ4v) is 3.73. The summed E-state index contributed by atoms with van der Waals surface area (Å²) in [5, 5.41) is 13.4. The number of rotatable bonds is 8. The molecule has 0 amide bonds. The molecule has 1 saturated heterocycles. The highest BCUT2D eigenvalue weighted by atomic mass is 16.6. The summed E-state index contributed by atoms with van der Waals surface area (Å²) in [6.07, 6.45) is 3.54. The molecule has 28 heavy (non-hydrogen) atoms. The lowest BCUT2D eigenvalue weighted by atomic mass is 9.89. The Morgan fingerprint density at radius 1 is 1.25 bits per heavy atom. The van der Waals surface area contributed by atoms with Crippen LogP contribution in [0.5, 0.6) is 0 Å². The molecule has 1 heterocycles. The quantitative estimate of drug-likeness (QED) is 0.428. The van der Waals surface area contributed by atoms with Gasteiger partial charge in [-0.2, -0.15) is 0 Å². The predicted molar refractivity (Wildman–Crippen MR) is 111 cm³/mol. The zero-order chi connectivity index (χ0) is 19.8. The van der Waals surface area contributed by atoms with E-state index in [9.17, 15) is 9.90 Å². The van der Waals surface area contributed by atoms with E-state index < -0.39 is 5.97 Å². The molecule has 0 bridgehead atoms. The van der Waals surface area contributed by atoms with Crippen LogP contribution in [0.15, 0.2) is 59.8 Å². The van der Waals surface area contributed by atoms with Crippen LogP contribution in [0.3, 0.4) is 0 Å². The molecule has 0 aliphatic carbocycles. The van der Waals surface area contributed by atoms with Gasteiger partial charge in [-0.05, 0) is 43.0 Å². The third-order valence-electron chi connectivity index (χ3n) is 5.32. The molecule has 0 saturated carbocycles. The van der Waals surface area contributed by atoms with E-state index in [0.717, 1.165) is 19.4 Å². The minimum Gasteiger partial charge on any atom is -0.481 e. The summed E-state index contributed by atoms with van der Waals surface area (Å²) < 4.78 is 0. The second-order valence-corrected chi connectivity index (χ2v) is 7.31. The number of carbonyl (C=O) groups is 1. The van der Waals surface area contributed by atoms with Crippen molar-refractivity contribution in [3.8, 4) is 0 Å². The number of benzene rings is 2. The molecular weight excluding hydrogens is 352 g/mol. The Kier molecular flexibility index (Phi) is 7.20. The van der Waals surface area contributed by atoms with Gasteiger partial charge in [0, 0.05) is 19.0 Å². The molecule has 0 spiro atoms. The summed E-state index contributed by atoms with van der Waals surface area (Å²) in [6, 6.07) is 18.6. The van der Waals surface area contributed by atoms with Crippen molar-refractivity contribution < 1.29 is 14.7 Å². The molecule has 0 aromatic heterocycles. The van der Waals surface area contributed by atoms with Crippen molar-refractivity contribution in [1.29, 1.82) is 0 Å². The topological polar surface area (TPSA) is 62.1 Å². The number of hydrogen-bond acceptors (Lipinski definition) is 4. The molecule has 1 aliphatic rings. The largest absolute Gasteiger partial charge is 0.481 e. The molecule has 1 fully saturated rings. The lowest BCUT2D eigenvalue weighted by Crippen LogP contribution is -2.40. The van der Waals surface area contributed by atoms with Gasteiger partial charge in [0.05, 0.1) is 12.1 Å². The highest BCUT2D eigenvalue weighted by Crippen LogP contribution is 2.25. The Morgan fingerprint density at radius 3 is 2.75 bits per heavy atom. The van der Waals surface area contributed by atoms with E-state index in [4.69, 9.17) is 4.84 Å². The molecular formula is C23H28N2O3. The third-order valence-corrected chi connectivity index (χ3v) is 5.32. The minimum absolute atomic E-state index is 0.0359. The fraction of sp³-hybridized carbons (Fsp3) is 0.391. The highest BCUT2D eigenvalue weighted by Gasteiger charge is 2.25. The van der Waals surface area contributed by atoms with Crippen LogP contribution in [0.4, 0.5) is 0 Å². The molecule has 148 valence electrons. The normalized spacial score (nSPS) is 18.8. The Morgan fingerprint density at radius 2 is 2.00 bits per heavy atom. The van der Waals surface area contributed by atoms with Gasteiger partial charge in [0.2, 0.25) is 0 Å². The van der Waals surface area contributed by atoms with Gasteiger partial charge in [-0.15, -0.1) is 0 Å². The Balaban J connectivity index is 1.58. The summed E-state index contributed by atoms with van der Waals surface area (Å²) >= 11 is 0. The lowest BCUT2D eigenvalue weighted by Gasteiger charge is -2.29. The molecule has 0 radical (unpaired) electrons. The number of aliphatic carboxylic acids is 1. The number of carboxylic acids is 1. The molecule has 3 rings (SSSR count). The van der Waals surface area contributed by atoms with Crippen LogP contribution in [0, 0.1) is 12.8 Å². The Hall–Kier alpha value is -2.66. The summed E-state index contributed by atoms with van der Waals surface area (Å²) in [5.74, 6) is -0.929. The van der Waals surface area contributed by atoms with Gasteiger partial charge in [-0.1, -0.05) is 59.8 Å². The first-order valence-corrected chi connectivity index (χ1v) is 9.86. The maximum Gasteiger partial charge on any atom is 0.307 e. The van der Waals surface area contributed by atoms with E-state index in [-0.39, 0.29) is 11.8 Å². The average molecular weight is 380 g/mol. The van der Waals surface area contributed by atoms with Crippen LogP contribution in [-0.4, -0.2) is 48.4 Å². The van der Waals surface area contributed by atoms with E-state index in [1.807, 2.05) is 36.5 Å². The zero-order valence-electron chi connectivity index (χ0n) is 16.3. The fourth-order valence-electron chi connectivity index (χ4n) is 3.73. The number of carboxylic acid groups (broad SMARTS) is 1. The minimum atomic E-state index is -0.701. The molecule has 5 nitrogen and oxygen atoms in total. The highest BCUT2D eigenvalue weighted by molar-refractivity contribution is 5.73. The second kappa shape index (κ2) is 10.0. The van der Waals surface area contributed by atoms with Gasteiger partial charge in [-0.25, -0.2) is 0 Å². The average Bonchev–Trinajstić information content (AvgIpc) is 2.72. The first-order valence-electron chi connectivity index (χ1n) is 9.86. The van der Waals surface area contributed by atoms with Gasteiger partial charge < -0.3 is 9.94 Å². The van der Waals surface area contributed by atoms with E-state index in [1.165, 1.54) is 16.7 Å². The van der Waals surface area contributed by atoms with Crippen LogP contribution < -0.4 is 0 Å². The van der Waals surface area contributed by atoms with Crippen LogP contribution >= 0.6 is 0 Å². The Labute approximate surface area is 166 Å². The predicted octanol–water partition coefficient (Wildman–Crippen LogP) is 3.93.